The standard InChI is InChI=1S/C14H13N2P/c17-16-13-8-4-2-6-11(13)14-9-10-5-1-3-7-12(10)15-14/h1-8,16H,9,17H2. The predicted octanol–water partition coefficient (Wildman–Crippen LogP) is 3.57. The van der Waals surface area contributed by atoms with E-state index in [0.717, 1.165) is 23.5 Å². The summed E-state index contributed by atoms with van der Waals surface area (Å²) in [5.41, 5.74) is 5.82. The second kappa shape index (κ2) is 4.31. The molecule has 0 aromatic heterocycles. The van der Waals surface area contributed by atoms with E-state index >= 15 is 0 Å². The fourth-order valence-corrected chi connectivity index (χ4v) is 2.40. The maximum atomic E-state index is 4.70. The molecule has 0 spiro atoms. The maximum absolute atomic E-state index is 4.70. The molecular weight excluding hydrogens is 227 g/mol. The summed E-state index contributed by atoms with van der Waals surface area (Å²) < 4.78 is 0. The number of nitrogens with zero attached hydrogens (tertiary/aromatic N) is 1. The van der Waals surface area contributed by atoms with Gasteiger partial charge in [0.1, 0.15) is 0 Å². The van der Waals surface area contributed by atoms with Crippen molar-refractivity contribution in [2.24, 2.45) is 4.99 Å². The highest BCUT2D eigenvalue weighted by Gasteiger charge is 2.16. The SMILES string of the molecule is PNc1ccccc1C1=Nc2ccccc2C1. The van der Waals surface area contributed by atoms with Crippen molar-refractivity contribution >= 4 is 26.5 Å². The van der Waals surface area contributed by atoms with Crippen LogP contribution < -0.4 is 5.09 Å². The van der Waals surface area contributed by atoms with Crippen molar-refractivity contribution < 1.29 is 0 Å². The van der Waals surface area contributed by atoms with Gasteiger partial charge in [-0.15, -0.1) is 0 Å². The van der Waals surface area contributed by atoms with E-state index in [-0.39, 0.29) is 0 Å². The van der Waals surface area contributed by atoms with Gasteiger partial charge in [-0.1, -0.05) is 36.4 Å². The summed E-state index contributed by atoms with van der Waals surface area (Å²) in [6.45, 7) is 0. The normalized spacial score (nSPS) is 13.1. The van der Waals surface area contributed by atoms with Crippen LogP contribution in [0.15, 0.2) is 53.5 Å². The van der Waals surface area contributed by atoms with Crippen molar-refractivity contribution in [1.29, 1.82) is 0 Å². The van der Waals surface area contributed by atoms with Crippen LogP contribution in [0.25, 0.3) is 0 Å². The molecule has 0 radical (unpaired) electrons. The molecule has 0 bridgehead atoms. The van der Waals surface area contributed by atoms with Crippen LogP contribution in [0.5, 0.6) is 0 Å². The van der Waals surface area contributed by atoms with Crippen molar-refractivity contribution in [2.75, 3.05) is 5.09 Å². The van der Waals surface area contributed by atoms with E-state index in [1.807, 2.05) is 18.2 Å². The zero-order valence-corrected chi connectivity index (χ0v) is 10.5. The first kappa shape index (κ1) is 10.5. The molecule has 1 aliphatic heterocycles. The van der Waals surface area contributed by atoms with E-state index in [9.17, 15) is 0 Å². The van der Waals surface area contributed by atoms with E-state index in [1.54, 1.807) is 0 Å². The minimum Gasteiger partial charge on any atom is -0.369 e. The van der Waals surface area contributed by atoms with Gasteiger partial charge in [0.05, 0.1) is 11.4 Å². The molecule has 84 valence electrons. The Morgan fingerprint density at radius 1 is 1.00 bits per heavy atom. The van der Waals surface area contributed by atoms with Crippen LogP contribution in [-0.4, -0.2) is 5.71 Å². The molecule has 1 N–H and O–H groups in total. The number of anilines is 1. The summed E-state index contributed by atoms with van der Waals surface area (Å²) in [5.74, 6) is 0. The molecule has 2 aromatic rings. The highest BCUT2D eigenvalue weighted by Crippen LogP contribution is 2.30. The van der Waals surface area contributed by atoms with Crippen LogP contribution in [0.1, 0.15) is 11.1 Å². The topological polar surface area (TPSA) is 24.4 Å². The van der Waals surface area contributed by atoms with Gasteiger partial charge in [0.2, 0.25) is 0 Å². The van der Waals surface area contributed by atoms with E-state index in [2.05, 4.69) is 44.8 Å². The molecule has 1 unspecified atom stereocenters. The van der Waals surface area contributed by atoms with Crippen molar-refractivity contribution in [3.63, 3.8) is 0 Å². The van der Waals surface area contributed by atoms with E-state index in [0.29, 0.717) is 0 Å². The van der Waals surface area contributed by atoms with Gasteiger partial charge >= 0.3 is 0 Å². The molecule has 1 atom stereocenters. The molecule has 0 saturated heterocycles. The molecule has 0 fully saturated rings. The van der Waals surface area contributed by atoms with Gasteiger partial charge in [0.25, 0.3) is 0 Å². The number of hydrogen-bond donors (Lipinski definition) is 1. The van der Waals surface area contributed by atoms with Crippen molar-refractivity contribution in [1.82, 2.24) is 0 Å². The lowest BCUT2D eigenvalue weighted by Gasteiger charge is -2.07. The predicted molar refractivity (Wildman–Crippen MR) is 76.1 cm³/mol. The van der Waals surface area contributed by atoms with Crippen molar-refractivity contribution in [2.45, 2.75) is 6.42 Å². The van der Waals surface area contributed by atoms with Gasteiger partial charge in [-0.3, -0.25) is 4.99 Å². The van der Waals surface area contributed by atoms with E-state index < -0.39 is 0 Å². The van der Waals surface area contributed by atoms with Crippen LogP contribution >= 0.6 is 9.39 Å². The highest BCUT2D eigenvalue weighted by molar-refractivity contribution is 7.18. The van der Waals surface area contributed by atoms with Crippen LogP contribution in [0.3, 0.4) is 0 Å². The van der Waals surface area contributed by atoms with Gasteiger partial charge in [0.15, 0.2) is 0 Å². The molecule has 0 aliphatic carbocycles. The summed E-state index contributed by atoms with van der Waals surface area (Å²) in [5, 5.41) is 3.14. The van der Waals surface area contributed by atoms with Crippen LogP contribution in [0.4, 0.5) is 11.4 Å². The molecule has 3 rings (SSSR count). The average molecular weight is 240 g/mol. The zero-order valence-electron chi connectivity index (χ0n) is 9.35. The molecule has 17 heavy (non-hydrogen) atoms. The number of nitrogens with one attached hydrogen (secondary N) is 1. The van der Waals surface area contributed by atoms with Crippen molar-refractivity contribution in [3.8, 4) is 0 Å². The fraction of sp³-hybridized carbons (Fsp3) is 0.0714. The van der Waals surface area contributed by atoms with Crippen molar-refractivity contribution in [3.05, 3.63) is 59.7 Å². The van der Waals surface area contributed by atoms with Gasteiger partial charge in [-0.05, 0) is 27.1 Å². The number of fused-ring (bicyclic) bond motifs is 1. The van der Waals surface area contributed by atoms with Crippen LogP contribution in [-0.2, 0) is 6.42 Å². The number of para-hydroxylation sites is 2. The van der Waals surface area contributed by atoms with E-state index in [1.165, 1.54) is 11.1 Å². The molecule has 0 amide bonds. The second-order valence-corrected chi connectivity index (χ2v) is 4.34. The number of rotatable bonds is 2. The molecule has 2 aromatic carbocycles. The Morgan fingerprint density at radius 2 is 1.76 bits per heavy atom. The van der Waals surface area contributed by atoms with Gasteiger partial charge < -0.3 is 5.09 Å². The summed E-state index contributed by atoms with van der Waals surface area (Å²) in [6, 6.07) is 16.6. The Morgan fingerprint density at radius 3 is 2.59 bits per heavy atom. The largest absolute Gasteiger partial charge is 0.369 e. The maximum Gasteiger partial charge on any atom is 0.0669 e. The monoisotopic (exact) mass is 240 g/mol. The number of hydrogen-bond acceptors (Lipinski definition) is 2. The minimum absolute atomic E-state index is 0.916. The number of benzene rings is 2. The quantitative estimate of drug-likeness (QED) is 0.797. The van der Waals surface area contributed by atoms with Gasteiger partial charge in [-0.2, -0.15) is 0 Å². The highest BCUT2D eigenvalue weighted by atomic mass is 31.0. The van der Waals surface area contributed by atoms with E-state index in [4.69, 9.17) is 4.99 Å². The summed E-state index contributed by atoms with van der Waals surface area (Å²) >= 11 is 0. The number of aliphatic imine (C=N–C) groups is 1. The molecule has 2 nitrogen and oxygen atoms in total. The van der Waals surface area contributed by atoms with Gasteiger partial charge in [-0.25, -0.2) is 0 Å². The zero-order chi connectivity index (χ0) is 11.7. The smallest absolute Gasteiger partial charge is 0.0669 e. The molecule has 1 heterocycles. The second-order valence-electron chi connectivity index (χ2n) is 4.05. The lowest BCUT2D eigenvalue weighted by atomic mass is 10.0. The molecule has 1 aliphatic rings. The Kier molecular flexibility index (Phi) is 2.66. The molecule has 3 heteroatoms. The Bertz CT molecular complexity index is 590. The Labute approximate surface area is 103 Å². The summed E-state index contributed by atoms with van der Waals surface area (Å²) in [7, 11) is 2.54. The Hall–Kier alpha value is -1.66. The van der Waals surface area contributed by atoms with Crippen LogP contribution in [0.2, 0.25) is 0 Å². The summed E-state index contributed by atoms with van der Waals surface area (Å²) in [4.78, 5) is 4.70. The first-order valence-electron chi connectivity index (χ1n) is 5.60. The first-order chi connectivity index (χ1) is 8.38. The first-order valence-corrected chi connectivity index (χ1v) is 6.18. The lowest BCUT2D eigenvalue weighted by Crippen LogP contribution is -2.02. The third-order valence-corrected chi connectivity index (χ3v) is 3.31. The van der Waals surface area contributed by atoms with Gasteiger partial charge in [0, 0.05) is 17.7 Å². The third-order valence-electron chi connectivity index (χ3n) is 3.00. The fourth-order valence-electron chi connectivity index (χ4n) is 2.15. The lowest BCUT2D eigenvalue weighted by molar-refractivity contribution is 1.39. The Balaban J connectivity index is 2.04. The summed E-state index contributed by atoms with van der Waals surface area (Å²) in [6.07, 6.45) is 0.916. The third kappa shape index (κ3) is 1.85. The average Bonchev–Trinajstić information content (AvgIpc) is 2.82. The molecular formula is C14H13N2P. The minimum atomic E-state index is 0.916. The van der Waals surface area contributed by atoms with Crippen LogP contribution in [0, 0.1) is 0 Å². The molecule has 0 saturated carbocycles.